The molecule has 16 N–H and O–H groups in total. The second-order valence-corrected chi connectivity index (χ2v) is 7.75. The van der Waals surface area contributed by atoms with Crippen LogP contribution in [-0.2, 0) is 24.0 Å². The molecule has 0 rings (SSSR count). The molecule has 0 fully saturated rings. The van der Waals surface area contributed by atoms with E-state index >= 15 is 0 Å². The lowest BCUT2D eigenvalue weighted by atomic mass is 10.1. The second kappa shape index (κ2) is 17.3. The van der Waals surface area contributed by atoms with Crippen LogP contribution >= 0.6 is 0 Å². The van der Waals surface area contributed by atoms with Gasteiger partial charge in [0.15, 0.2) is 11.9 Å². The number of carbonyl (C=O) groups is 5. The average molecular weight is 516 g/mol. The Morgan fingerprint density at radius 3 is 1.81 bits per heavy atom. The van der Waals surface area contributed by atoms with Crippen molar-refractivity contribution in [3.63, 3.8) is 0 Å². The lowest BCUT2D eigenvalue weighted by Gasteiger charge is -2.20. The molecule has 0 aromatic rings. The van der Waals surface area contributed by atoms with Crippen LogP contribution in [0.15, 0.2) is 9.98 Å². The number of aliphatic imine (C=N–C) groups is 2. The smallest absolute Gasteiger partial charge is 0.326 e. The van der Waals surface area contributed by atoms with Gasteiger partial charge in [0.25, 0.3) is 0 Å². The Morgan fingerprint density at radius 2 is 1.31 bits per heavy atom. The maximum atomic E-state index is 12.5. The summed E-state index contributed by atoms with van der Waals surface area (Å²) in [5.74, 6) is -4.45. The SMILES string of the molecule is NC(=O)CCC(NC(=O)C(N)CCCN=C(N)N)C(=O)NCC(=O)NC(CCCN=C(N)N)C(=O)O. The summed E-state index contributed by atoms with van der Waals surface area (Å²) < 4.78 is 0. The number of amides is 4. The second-order valence-electron chi connectivity index (χ2n) is 7.75. The van der Waals surface area contributed by atoms with Gasteiger partial charge in [-0.25, -0.2) is 4.79 Å². The first-order valence-electron chi connectivity index (χ1n) is 11.1. The molecule has 17 heteroatoms. The number of primary amides is 1. The third-order valence-electron chi connectivity index (χ3n) is 4.62. The molecule has 0 heterocycles. The minimum atomic E-state index is -1.28. The predicted molar refractivity (Wildman–Crippen MR) is 131 cm³/mol. The molecule has 36 heavy (non-hydrogen) atoms. The van der Waals surface area contributed by atoms with E-state index in [1.54, 1.807) is 0 Å². The Hall–Kier alpha value is -4.15. The van der Waals surface area contributed by atoms with Crippen molar-refractivity contribution in [2.45, 2.75) is 56.7 Å². The molecule has 3 unspecified atom stereocenters. The van der Waals surface area contributed by atoms with Gasteiger partial charge >= 0.3 is 5.97 Å². The maximum absolute atomic E-state index is 12.5. The zero-order valence-corrected chi connectivity index (χ0v) is 19.9. The van der Waals surface area contributed by atoms with Crippen LogP contribution in [0.25, 0.3) is 0 Å². The third kappa shape index (κ3) is 15.6. The summed E-state index contributed by atoms with van der Waals surface area (Å²) in [6, 6.07) is -3.43. The Labute approximate surface area is 207 Å². The number of carboxylic acids is 1. The van der Waals surface area contributed by atoms with E-state index in [4.69, 9.17) is 34.4 Å². The van der Waals surface area contributed by atoms with Gasteiger partial charge in [-0.15, -0.1) is 0 Å². The van der Waals surface area contributed by atoms with E-state index < -0.39 is 54.3 Å². The number of nitrogens with two attached hydrogens (primary N) is 6. The van der Waals surface area contributed by atoms with E-state index in [9.17, 15) is 29.1 Å². The van der Waals surface area contributed by atoms with Crippen LogP contribution in [0.2, 0.25) is 0 Å². The zero-order valence-electron chi connectivity index (χ0n) is 19.9. The van der Waals surface area contributed by atoms with Gasteiger partial charge in [-0.05, 0) is 32.1 Å². The van der Waals surface area contributed by atoms with Crippen molar-refractivity contribution in [2.75, 3.05) is 19.6 Å². The Kier molecular flexibility index (Phi) is 15.3. The van der Waals surface area contributed by atoms with Gasteiger partial charge in [-0.3, -0.25) is 29.2 Å². The molecule has 4 amide bonds. The van der Waals surface area contributed by atoms with Gasteiger partial charge in [0.05, 0.1) is 12.6 Å². The minimum absolute atomic E-state index is 0.0458. The molecule has 0 saturated carbocycles. The van der Waals surface area contributed by atoms with Crippen LogP contribution in [0.1, 0.15) is 38.5 Å². The van der Waals surface area contributed by atoms with Crippen LogP contribution in [0, 0.1) is 0 Å². The largest absolute Gasteiger partial charge is 0.480 e. The highest BCUT2D eigenvalue weighted by Gasteiger charge is 2.25. The highest BCUT2D eigenvalue weighted by Crippen LogP contribution is 2.02. The van der Waals surface area contributed by atoms with Crippen LogP contribution in [0.5, 0.6) is 0 Å². The van der Waals surface area contributed by atoms with Crippen molar-refractivity contribution in [1.29, 1.82) is 0 Å². The topological polar surface area (TPSA) is 323 Å². The monoisotopic (exact) mass is 515 g/mol. The van der Waals surface area contributed by atoms with Crippen LogP contribution in [-0.4, -0.2) is 84.4 Å². The Morgan fingerprint density at radius 1 is 0.750 bits per heavy atom. The molecule has 0 aliphatic carbocycles. The summed E-state index contributed by atoms with van der Waals surface area (Å²) in [6.07, 6.45) is 0.592. The fourth-order valence-electron chi connectivity index (χ4n) is 2.78. The van der Waals surface area contributed by atoms with Gasteiger partial charge in [0.1, 0.15) is 12.1 Å². The van der Waals surface area contributed by atoms with Crippen LogP contribution in [0.4, 0.5) is 0 Å². The molecular weight excluding hydrogens is 478 g/mol. The molecule has 0 radical (unpaired) electrons. The van der Waals surface area contributed by atoms with E-state index in [1.165, 1.54) is 0 Å². The van der Waals surface area contributed by atoms with Crippen molar-refractivity contribution >= 4 is 41.5 Å². The molecule has 3 atom stereocenters. The molecule has 0 aliphatic heterocycles. The number of aliphatic carboxylic acids is 1. The van der Waals surface area contributed by atoms with Crippen molar-refractivity contribution in [1.82, 2.24) is 16.0 Å². The van der Waals surface area contributed by atoms with E-state index in [0.717, 1.165) is 0 Å². The Bertz CT molecular complexity index is 825. The third-order valence-corrected chi connectivity index (χ3v) is 4.62. The number of hydrogen-bond acceptors (Lipinski definition) is 8. The summed E-state index contributed by atoms with van der Waals surface area (Å²) >= 11 is 0. The number of nitrogens with one attached hydrogen (secondary N) is 3. The van der Waals surface area contributed by atoms with E-state index in [0.29, 0.717) is 6.42 Å². The van der Waals surface area contributed by atoms with Crippen molar-refractivity contribution < 1.29 is 29.1 Å². The summed E-state index contributed by atoms with van der Waals surface area (Å²) in [5.41, 5.74) is 31.8. The minimum Gasteiger partial charge on any atom is -0.480 e. The van der Waals surface area contributed by atoms with Gasteiger partial charge in [0.2, 0.25) is 23.6 Å². The number of rotatable bonds is 18. The average Bonchev–Trinajstić information content (AvgIpc) is 2.78. The number of nitrogens with zero attached hydrogens (tertiary/aromatic N) is 2. The molecule has 204 valence electrons. The van der Waals surface area contributed by atoms with Gasteiger partial charge in [0, 0.05) is 19.5 Å². The van der Waals surface area contributed by atoms with Crippen molar-refractivity contribution in [3.8, 4) is 0 Å². The highest BCUT2D eigenvalue weighted by atomic mass is 16.4. The molecular formula is C19H37N11O6. The predicted octanol–water partition coefficient (Wildman–Crippen LogP) is -5.14. The molecule has 0 bridgehead atoms. The van der Waals surface area contributed by atoms with Gasteiger partial charge < -0.3 is 55.5 Å². The molecule has 0 aliphatic rings. The van der Waals surface area contributed by atoms with Crippen molar-refractivity contribution in [3.05, 3.63) is 0 Å². The normalized spacial score (nSPS) is 12.8. The van der Waals surface area contributed by atoms with Crippen LogP contribution in [0.3, 0.4) is 0 Å². The summed E-state index contributed by atoms with van der Waals surface area (Å²) in [7, 11) is 0. The zero-order chi connectivity index (χ0) is 27.7. The highest BCUT2D eigenvalue weighted by molar-refractivity contribution is 5.93. The summed E-state index contributed by atoms with van der Waals surface area (Å²) in [6.45, 7) is -0.143. The quantitative estimate of drug-likeness (QED) is 0.0467. The first-order chi connectivity index (χ1) is 16.8. The number of hydrogen-bond donors (Lipinski definition) is 10. The lowest BCUT2D eigenvalue weighted by molar-refractivity contribution is -0.142. The molecule has 0 aromatic carbocycles. The lowest BCUT2D eigenvalue weighted by Crippen LogP contribution is -2.53. The van der Waals surface area contributed by atoms with E-state index in [2.05, 4.69) is 25.9 Å². The van der Waals surface area contributed by atoms with E-state index in [-0.39, 0.29) is 57.1 Å². The number of carbonyl (C=O) groups excluding carboxylic acids is 4. The first kappa shape index (κ1) is 31.8. The van der Waals surface area contributed by atoms with Gasteiger partial charge in [-0.1, -0.05) is 0 Å². The molecule has 17 nitrogen and oxygen atoms in total. The summed E-state index contributed by atoms with van der Waals surface area (Å²) in [4.78, 5) is 67.1. The standard InChI is InChI=1S/C19H37N11O6/c20-10(3-1-7-26-18(22)23)15(33)30-11(5-6-13(21)31)16(34)28-9-14(32)29-12(17(35)36)4-2-8-27-19(24)25/h10-12H,1-9,20H2,(H2,21,31)(H,28,34)(H,29,32)(H,30,33)(H,35,36)(H4,22,23,26)(H4,24,25,27). The fraction of sp³-hybridized carbons (Fsp3) is 0.632. The number of carboxylic acid groups (broad SMARTS) is 1. The van der Waals surface area contributed by atoms with Crippen LogP contribution < -0.4 is 50.4 Å². The molecule has 0 aromatic heterocycles. The van der Waals surface area contributed by atoms with Gasteiger partial charge in [-0.2, -0.15) is 0 Å². The van der Waals surface area contributed by atoms with E-state index in [1.807, 2.05) is 0 Å². The maximum Gasteiger partial charge on any atom is 0.326 e. The first-order valence-corrected chi connectivity index (χ1v) is 11.1. The number of guanidine groups is 2. The Balaban J connectivity index is 4.87. The fourth-order valence-corrected chi connectivity index (χ4v) is 2.78. The van der Waals surface area contributed by atoms with Crippen molar-refractivity contribution in [2.24, 2.45) is 44.4 Å². The molecule has 0 spiro atoms. The summed E-state index contributed by atoms with van der Waals surface area (Å²) in [5, 5.41) is 16.2. The molecule has 0 saturated heterocycles.